The zero-order valence-electron chi connectivity index (χ0n) is 2.34. The van der Waals surface area contributed by atoms with Crippen molar-refractivity contribution in [1.29, 1.82) is 0 Å². The molecule has 0 heterocycles. The number of hydrogen-bond donors (Lipinski definition) is 1. The van der Waals surface area contributed by atoms with Crippen LogP contribution >= 0.6 is 17.7 Å². The Labute approximate surface area is 32.6 Å². The monoisotopic (exact) mass is 114 g/mol. The molecular formula is H4O3P2. The van der Waals surface area contributed by atoms with Crippen molar-refractivity contribution in [2.24, 2.45) is 0 Å². The molecule has 0 bridgehead atoms. The molecule has 2 atom stereocenters. The minimum absolute atomic E-state index is 1.68. The third kappa shape index (κ3) is 4.58. The average molecular weight is 114 g/mol. The summed E-state index contributed by atoms with van der Waals surface area (Å²) >= 11 is 0. The summed E-state index contributed by atoms with van der Waals surface area (Å²) in [5, 5.41) is 0. The van der Waals surface area contributed by atoms with Crippen molar-refractivity contribution in [2.75, 3.05) is 0 Å². The Morgan fingerprint density at radius 3 is 2.20 bits per heavy atom. The summed E-state index contributed by atoms with van der Waals surface area (Å²) in [6.07, 6.45) is 0. The Morgan fingerprint density at radius 1 is 2.00 bits per heavy atom. The maximum atomic E-state index is 9.31. The molecule has 0 aliphatic rings. The van der Waals surface area contributed by atoms with Gasteiger partial charge in [0.2, 0.25) is 0 Å². The maximum absolute atomic E-state index is 9.31. The quantitative estimate of drug-likeness (QED) is 0.494. The van der Waals surface area contributed by atoms with Gasteiger partial charge in [0.1, 0.15) is 0 Å². The van der Waals surface area contributed by atoms with Gasteiger partial charge in [-0.3, -0.25) is 8.88 Å². The molecular weight excluding hydrogens is 110 g/mol. The van der Waals surface area contributed by atoms with Gasteiger partial charge < -0.3 is 4.89 Å². The lowest BCUT2D eigenvalue weighted by atomic mass is 15.8. The van der Waals surface area contributed by atoms with Crippen molar-refractivity contribution in [3.63, 3.8) is 0 Å². The van der Waals surface area contributed by atoms with Crippen LogP contribution in [-0.2, 0) is 8.88 Å². The molecule has 0 rings (SSSR count). The third-order valence-electron chi connectivity index (χ3n) is 0.101. The van der Waals surface area contributed by atoms with E-state index >= 15 is 0 Å². The summed E-state index contributed by atoms with van der Waals surface area (Å²) in [7, 11) is -0.984. The van der Waals surface area contributed by atoms with Crippen LogP contribution in [0.15, 0.2) is 0 Å². The molecule has 32 valence electrons. The van der Waals surface area contributed by atoms with E-state index in [0.29, 0.717) is 0 Å². The third-order valence-corrected chi connectivity index (χ3v) is 0.907. The Bertz CT molecular complexity index is 40.2. The molecule has 3 nitrogen and oxygen atoms in total. The first-order valence-electron chi connectivity index (χ1n) is 0.868. The molecule has 1 N–H and O–H groups in total. The first-order chi connectivity index (χ1) is 2.27. The molecule has 5 heavy (non-hydrogen) atoms. The first kappa shape index (κ1) is 5.58. The Morgan fingerprint density at radius 2 is 2.20 bits per heavy atom. The normalized spacial score (nSPS) is 14.8. The fraction of sp³-hybridized carbons (Fsp3) is 0. The van der Waals surface area contributed by atoms with E-state index in [-0.39, 0.29) is 0 Å². The highest BCUT2D eigenvalue weighted by Crippen LogP contribution is 2.17. The van der Waals surface area contributed by atoms with E-state index < -0.39 is 8.25 Å². The van der Waals surface area contributed by atoms with Gasteiger partial charge in [-0.2, -0.15) is 0 Å². The molecule has 0 aromatic heterocycles. The second kappa shape index (κ2) is 2.80. The van der Waals surface area contributed by atoms with Gasteiger partial charge in [-0.25, -0.2) is 0 Å². The Hall–Kier alpha value is 0.580. The summed E-state index contributed by atoms with van der Waals surface area (Å²) in [5.74, 6) is 0. The molecule has 0 radical (unpaired) electrons. The summed E-state index contributed by atoms with van der Waals surface area (Å²) in [6.45, 7) is 0. The molecule has 0 saturated heterocycles. The summed E-state index contributed by atoms with van der Waals surface area (Å²) in [6, 6.07) is 0. The molecule has 0 aliphatic heterocycles. The highest BCUT2D eigenvalue weighted by Gasteiger charge is 1.74. The minimum Gasteiger partial charge on any atom is -0.326 e. The van der Waals surface area contributed by atoms with Crippen LogP contribution in [0.1, 0.15) is 0 Å². The van der Waals surface area contributed by atoms with Crippen molar-refractivity contribution in [3.8, 4) is 0 Å². The van der Waals surface area contributed by atoms with Crippen molar-refractivity contribution in [2.45, 2.75) is 0 Å². The molecule has 0 saturated carbocycles. The average Bonchev–Trinajstić information content (AvgIpc) is 1.38. The second-order valence-corrected chi connectivity index (χ2v) is 1.86. The van der Waals surface area contributed by atoms with Gasteiger partial charge in [-0.1, -0.05) is 0 Å². The van der Waals surface area contributed by atoms with Gasteiger partial charge in [-0.15, -0.1) is 0 Å². The molecule has 5 heteroatoms. The highest BCUT2D eigenvalue weighted by molar-refractivity contribution is 7.39. The molecule has 0 fully saturated rings. The molecule has 0 amide bonds. The Kier molecular flexibility index (Phi) is 3.12. The van der Waals surface area contributed by atoms with E-state index in [0.717, 1.165) is 0 Å². The first-order valence-corrected chi connectivity index (χ1v) is 2.60. The second-order valence-electron chi connectivity index (χ2n) is 0.384. The van der Waals surface area contributed by atoms with Crippen LogP contribution in [0.25, 0.3) is 0 Å². The van der Waals surface area contributed by atoms with Crippen molar-refractivity contribution in [1.82, 2.24) is 0 Å². The van der Waals surface area contributed by atoms with Crippen molar-refractivity contribution >= 4 is 17.7 Å². The standard InChI is InChI=1S/H4O3P2/c1-5(2)3-4/h5H,4H2,(H,1,2). The zero-order chi connectivity index (χ0) is 4.28. The summed E-state index contributed by atoms with van der Waals surface area (Å²) in [5.41, 5.74) is 0. The van der Waals surface area contributed by atoms with Crippen LogP contribution < -0.4 is 0 Å². The van der Waals surface area contributed by atoms with Gasteiger partial charge in [0.25, 0.3) is 0 Å². The van der Waals surface area contributed by atoms with Gasteiger partial charge in [-0.05, 0) is 0 Å². The van der Waals surface area contributed by atoms with Crippen LogP contribution in [0.5, 0.6) is 0 Å². The number of rotatable bonds is 1. The lowest BCUT2D eigenvalue weighted by Gasteiger charge is -1.78. The van der Waals surface area contributed by atoms with Gasteiger partial charge in [0.05, 0.1) is 0 Å². The van der Waals surface area contributed by atoms with E-state index in [2.05, 4.69) is 4.31 Å². The van der Waals surface area contributed by atoms with E-state index in [1.165, 1.54) is 0 Å². The van der Waals surface area contributed by atoms with E-state index in [1.54, 1.807) is 9.47 Å². The fourth-order valence-electron chi connectivity index (χ4n) is 0. The van der Waals surface area contributed by atoms with Gasteiger partial charge in [0.15, 0.2) is 0 Å². The molecule has 0 aromatic rings. The lowest BCUT2D eigenvalue weighted by Crippen LogP contribution is -1.44. The van der Waals surface area contributed by atoms with Crippen molar-refractivity contribution < 1.29 is 13.8 Å². The van der Waals surface area contributed by atoms with Gasteiger partial charge in [0, 0.05) is 9.47 Å². The number of hydrogen-bond acceptors (Lipinski definition) is 2. The predicted octanol–water partition coefficient (Wildman–Crippen LogP) is 0.175. The van der Waals surface area contributed by atoms with Crippen LogP contribution in [0, 0.1) is 0 Å². The zero-order valence-corrected chi connectivity index (χ0v) is 4.50. The smallest absolute Gasteiger partial charge is 0.319 e. The summed E-state index contributed by atoms with van der Waals surface area (Å²) < 4.78 is 13.1. The largest absolute Gasteiger partial charge is 0.326 e. The molecule has 2 unspecified atom stereocenters. The van der Waals surface area contributed by atoms with Gasteiger partial charge >= 0.3 is 8.25 Å². The highest BCUT2D eigenvalue weighted by atomic mass is 31.2. The van der Waals surface area contributed by atoms with Crippen LogP contribution in [-0.4, -0.2) is 4.89 Å². The van der Waals surface area contributed by atoms with E-state index in [9.17, 15) is 4.57 Å². The lowest BCUT2D eigenvalue weighted by molar-refractivity contribution is 0.432. The van der Waals surface area contributed by atoms with Crippen molar-refractivity contribution in [3.05, 3.63) is 0 Å². The fourth-order valence-corrected chi connectivity index (χ4v) is 0. The predicted molar refractivity (Wildman–Crippen MR) is 22.0 cm³/mol. The Balaban J connectivity index is 2.85. The molecule has 0 aliphatic carbocycles. The minimum atomic E-state index is -2.66. The van der Waals surface area contributed by atoms with E-state index in [1.807, 2.05) is 0 Å². The molecule has 0 aromatic carbocycles. The molecule has 0 spiro atoms. The topological polar surface area (TPSA) is 46.5 Å². The SMILES string of the molecule is O=[PH](O)OP. The van der Waals surface area contributed by atoms with Crippen LogP contribution in [0.3, 0.4) is 0 Å². The maximum Gasteiger partial charge on any atom is 0.319 e. The summed E-state index contributed by atoms with van der Waals surface area (Å²) in [4.78, 5) is 7.66. The van der Waals surface area contributed by atoms with Crippen LogP contribution in [0.4, 0.5) is 0 Å². The van der Waals surface area contributed by atoms with Crippen LogP contribution in [0.2, 0.25) is 0 Å². The van der Waals surface area contributed by atoms with E-state index in [4.69, 9.17) is 4.89 Å².